The molecule has 1 fully saturated rings. The first-order valence-corrected chi connectivity index (χ1v) is 7.90. The van der Waals surface area contributed by atoms with E-state index in [9.17, 15) is 13.2 Å². The van der Waals surface area contributed by atoms with Crippen molar-refractivity contribution in [2.24, 2.45) is 0 Å². The fraction of sp³-hybridized carbons (Fsp3) is 0.357. The molecule has 0 aliphatic heterocycles. The van der Waals surface area contributed by atoms with Crippen molar-refractivity contribution in [3.8, 4) is 5.75 Å². The highest BCUT2D eigenvalue weighted by molar-refractivity contribution is 7.89. The Kier molecular flexibility index (Phi) is 4.34. The molecule has 1 saturated carbocycles. The van der Waals surface area contributed by atoms with E-state index in [1.165, 1.54) is 29.6 Å². The van der Waals surface area contributed by atoms with Gasteiger partial charge in [0.05, 0.1) is 12.0 Å². The van der Waals surface area contributed by atoms with Crippen molar-refractivity contribution in [2.45, 2.75) is 23.8 Å². The van der Waals surface area contributed by atoms with Gasteiger partial charge in [-0.25, -0.2) is 13.2 Å². The first-order valence-electron chi connectivity index (χ1n) is 6.46. The Bertz CT molecular complexity index is 664. The number of carboxylic acid groups (broad SMARTS) is 1. The minimum Gasteiger partial charge on any atom is -0.496 e. The summed E-state index contributed by atoms with van der Waals surface area (Å²) in [4.78, 5) is 11.1. The maximum atomic E-state index is 12.6. The Hall–Kier alpha value is -1.86. The van der Waals surface area contributed by atoms with Gasteiger partial charge in [0.25, 0.3) is 0 Å². The van der Waals surface area contributed by atoms with E-state index in [0.29, 0.717) is 0 Å². The lowest BCUT2D eigenvalue weighted by atomic mass is 10.2. The van der Waals surface area contributed by atoms with Gasteiger partial charge in [-0.3, -0.25) is 0 Å². The highest BCUT2D eigenvalue weighted by Crippen LogP contribution is 2.33. The van der Waals surface area contributed by atoms with E-state index >= 15 is 0 Å². The standard InChI is InChI=1S/C14H17NO5S/c1-3-8-15(10-4-5-10)21(18,19)11-6-7-12(14(16)17)13(9-11)20-2/h3,6-7,9-10H,1,4-5,8H2,2H3,(H,16,17). The zero-order valence-corrected chi connectivity index (χ0v) is 12.5. The topological polar surface area (TPSA) is 83.9 Å². The molecule has 6 nitrogen and oxygen atoms in total. The third-order valence-corrected chi connectivity index (χ3v) is 5.19. The molecule has 0 amide bonds. The van der Waals surface area contributed by atoms with Crippen LogP contribution in [0.25, 0.3) is 0 Å². The van der Waals surface area contributed by atoms with Gasteiger partial charge in [-0.15, -0.1) is 6.58 Å². The molecular formula is C14H17NO5S. The number of nitrogens with zero attached hydrogens (tertiary/aromatic N) is 1. The number of hydrogen-bond acceptors (Lipinski definition) is 4. The summed E-state index contributed by atoms with van der Waals surface area (Å²) in [5.41, 5.74) is -0.0712. The van der Waals surface area contributed by atoms with Crippen LogP contribution in [-0.2, 0) is 10.0 Å². The third-order valence-electron chi connectivity index (χ3n) is 3.27. The van der Waals surface area contributed by atoms with Crippen LogP contribution in [0.2, 0.25) is 0 Å². The van der Waals surface area contributed by atoms with Gasteiger partial charge in [0.2, 0.25) is 10.0 Å². The monoisotopic (exact) mass is 311 g/mol. The number of benzene rings is 1. The summed E-state index contributed by atoms with van der Waals surface area (Å²) in [5.74, 6) is -1.14. The minimum absolute atomic E-state index is 0.00172. The van der Waals surface area contributed by atoms with Crippen molar-refractivity contribution in [3.63, 3.8) is 0 Å². The summed E-state index contributed by atoms with van der Waals surface area (Å²) in [6, 6.07) is 3.78. The molecule has 0 unspecified atom stereocenters. The SMILES string of the molecule is C=CCN(C1CC1)S(=O)(=O)c1ccc(C(=O)O)c(OC)c1. The summed E-state index contributed by atoms with van der Waals surface area (Å²) < 4.78 is 31.6. The Balaban J connectivity index is 2.44. The zero-order chi connectivity index (χ0) is 15.6. The second kappa shape index (κ2) is 5.87. The molecule has 1 N–H and O–H groups in total. The van der Waals surface area contributed by atoms with Crippen LogP contribution < -0.4 is 4.74 Å². The van der Waals surface area contributed by atoms with E-state index < -0.39 is 16.0 Å². The number of rotatable bonds is 7. The van der Waals surface area contributed by atoms with Crippen LogP contribution in [0.4, 0.5) is 0 Å². The first kappa shape index (κ1) is 15.5. The normalized spacial score (nSPS) is 15.0. The van der Waals surface area contributed by atoms with Crippen LogP contribution in [0.3, 0.4) is 0 Å². The van der Waals surface area contributed by atoms with Crippen molar-refractivity contribution >= 4 is 16.0 Å². The average Bonchev–Trinajstić information content (AvgIpc) is 3.28. The third kappa shape index (κ3) is 3.08. The zero-order valence-electron chi connectivity index (χ0n) is 11.7. The highest BCUT2D eigenvalue weighted by atomic mass is 32.2. The predicted molar refractivity (Wildman–Crippen MR) is 77.1 cm³/mol. The van der Waals surface area contributed by atoms with Crippen LogP contribution in [-0.4, -0.2) is 43.5 Å². The number of aromatic carboxylic acids is 1. The van der Waals surface area contributed by atoms with Crippen molar-refractivity contribution in [1.82, 2.24) is 4.31 Å². The van der Waals surface area contributed by atoms with E-state index in [1.54, 1.807) is 6.08 Å². The van der Waals surface area contributed by atoms with Crippen molar-refractivity contribution in [1.29, 1.82) is 0 Å². The van der Waals surface area contributed by atoms with E-state index in [0.717, 1.165) is 12.8 Å². The van der Waals surface area contributed by atoms with E-state index in [-0.39, 0.29) is 28.8 Å². The lowest BCUT2D eigenvalue weighted by Crippen LogP contribution is -2.33. The lowest BCUT2D eigenvalue weighted by molar-refractivity contribution is 0.0693. The Morgan fingerprint density at radius 1 is 1.52 bits per heavy atom. The molecule has 1 aromatic rings. The Morgan fingerprint density at radius 3 is 2.67 bits per heavy atom. The first-order chi connectivity index (χ1) is 9.91. The van der Waals surface area contributed by atoms with Crippen LogP contribution in [0, 0.1) is 0 Å². The van der Waals surface area contributed by atoms with Crippen LogP contribution >= 0.6 is 0 Å². The van der Waals surface area contributed by atoms with Gasteiger partial charge >= 0.3 is 5.97 Å². The van der Waals surface area contributed by atoms with E-state index in [1.807, 2.05) is 0 Å². The quantitative estimate of drug-likeness (QED) is 0.775. The van der Waals surface area contributed by atoms with Crippen LogP contribution in [0.1, 0.15) is 23.2 Å². The molecule has 1 aliphatic carbocycles. The molecular weight excluding hydrogens is 294 g/mol. The molecule has 114 valence electrons. The van der Waals surface area contributed by atoms with E-state index in [4.69, 9.17) is 9.84 Å². The second-order valence-corrected chi connectivity index (χ2v) is 6.65. The smallest absolute Gasteiger partial charge is 0.339 e. The Morgan fingerprint density at radius 2 is 2.19 bits per heavy atom. The number of carbonyl (C=O) groups is 1. The summed E-state index contributed by atoms with van der Waals surface area (Å²) in [6.07, 6.45) is 3.20. The molecule has 7 heteroatoms. The van der Waals surface area contributed by atoms with Gasteiger partial charge in [0.15, 0.2) is 0 Å². The van der Waals surface area contributed by atoms with Gasteiger partial charge in [0, 0.05) is 18.7 Å². The Labute approximate surface area is 123 Å². The molecule has 21 heavy (non-hydrogen) atoms. The predicted octanol–water partition coefficient (Wildman–Crippen LogP) is 1.73. The molecule has 2 rings (SSSR count). The number of sulfonamides is 1. The van der Waals surface area contributed by atoms with Gasteiger partial charge < -0.3 is 9.84 Å². The van der Waals surface area contributed by atoms with Gasteiger partial charge in [-0.1, -0.05) is 6.08 Å². The molecule has 0 atom stereocenters. The van der Waals surface area contributed by atoms with Crippen molar-refractivity contribution in [2.75, 3.05) is 13.7 Å². The molecule has 0 heterocycles. The number of methoxy groups -OCH3 is 1. The molecule has 0 aromatic heterocycles. The van der Waals surface area contributed by atoms with Crippen LogP contribution in [0.15, 0.2) is 35.7 Å². The maximum absolute atomic E-state index is 12.6. The van der Waals surface area contributed by atoms with E-state index in [2.05, 4.69) is 6.58 Å². The fourth-order valence-electron chi connectivity index (χ4n) is 2.08. The lowest BCUT2D eigenvalue weighted by Gasteiger charge is -2.20. The molecule has 0 spiro atoms. The van der Waals surface area contributed by atoms with Gasteiger partial charge in [-0.2, -0.15) is 4.31 Å². The molecule has 1 aliphatic rings. The maximum Gasteiger partial charge on any atom is 0.339 e. The molecule has 0 bridgehead atoms. The summed E-state index contributed by atoms with van der Waals surface area (Å²) in [5, 5.41) is 9.03. The van der Waals surface area contributed by atoms with Crippen molar-refractivity contribution < 1.29 is 23.1 Å². The molecule has 1 aromatic carbocycles. The minimum atomic E-state index is -3.69. The molecule has 0 saturated heterocycles. The van der Waals surface area contributed by atoms with Crippen molar-refractivity contribution in [3.05, 3.63) is 36.4 Å². The van der Waals surface area contributed by atoms with Crippen LogP contribution in [0.5, 0.6) is 5.75 Å². The summed E-state index contributed by atoms with van der Waals surface area (Å²) >= 11 is 0. The number of ether oxygens (including phenoxy) is 1. The molecule has 0 radical (unpaired) electrons. The number of carboxylic acids is 1. The summed E-state index contributed by atoms with van der Waals surface area (Å²) in [6.45, 7) is 3.81. The fourth-order valence-corrected chi connectivity index (χ4v) is 3.75. The average molecular weight is 311 g/mol. The largest absolute Gasteiger partial charge is 0.496 e. The van der Waals surface area contributed by atoms with Gasteiger partial charge in [0.1, 0.15) is 11.3 Å². The number of hydrogen-bond donors (Lipinski definition) is 1. The second-order valence-electron chi connectivity index (χ2n) is 4.76. The highest BCUT2D eigenvalue weighted by Gasteiger charge is 2.37. The van der Waals surface area contributed by atoms with Gasteiger partial charge in [-0.05, 0) is 25.0 Å². The summed E-state index contributed by atoms with van der Waals surface area (Å²) in [7, 11) is -2.38.